The summed E-state index contributed by atoms with van der Waals surface area (Å²) < 4.78 is 7.89. The molecule has 0 aliphatic rings. The predicted molar refractivity (Wildman–Crippen MR) is 111 cm³/mol. The lowest BCUT2D eigenvalue weighted by Crippen LogP contribution is -2.06. The molecule has 0 aliphatic heterocycles. The third-order valence-corrected chi connectivity index (χ3v) is 5.05. The number of ketones is 1. The number of aryl methyl sites for hydroxylation is 1. The third kappa shape index (κ3) is 3.29. The Kier molecular flexibility index (Phi) is 4.94. The monoisotopic (exact) mass is 370 g/mol. The summed E-state index contributed by atoms with van der Waals surface area (Å²) in [4.78, 5) is 17.5. The summed E-state index contributed by atoms with van der Waals surface area (Å²) in [6.07, 6.45) is 4.33. The first-order valence-electron chi connectivity index (χ1n) is 9.41. The normalized spacial score (nSPS) is 10.9. The molecule has 4 nitrogen and oxygen atoms in total. The van der Waals surface area contributed by atoms with E-state index in [9.17, 15) is 4.79 Å². The number of aromatic nitrogens is 2. The van der Waals surface area contributed by atoms with Crippen LogP contribution in [0.3, 0.4) is 0 Å². The van der Waals surface area contributed by atoms with Gasteiger partial charge in [0.2, 0.25) is 0 Å². The van der Waals surface area contributed by atoms with Gasteiger partial charge in [0.05, 0.1) is 17.3 Å². The Morgan fingerprint density at radius 2 is 1.79 bits per heavy atom. The van der Waals surface area contributed by atoms with Crippen LogP contribution < -0.4 is 4.74 Å². The molecule has 0 fully saturated rings. The van der Waals surface area contributed by atoms with E-state index in [0.717, 1.165) is 39.9 Å². The van der Waals surface area contributed by atoms with E-state index in [4.69, 9.17) is 4.74 Å². The number of nitrogens with zero attached hydrogens (tertiary/aromatic N) is 2. The van der Waals surface area contributed by atoms with Crippen molar-refractivity contribution in [1.29, 1.82) is 0 Å². The van der Waals surface area contributed by atoms with Crippen LogP contribution in [0.15, 0.2) is 73.1 Å². The van der Waals surface area contributed by atoms with Gasteiger partial charge >= 0.3 is 0 Å². The standard InChI is InChI=1S/C24H22N2O2/c1-3-21-23(20-13-14-25-15-22(20)26(21)2)24(27)18-9-11-19(12-10-18)28-16-17-7-5-4-6-8-17/h4-15H,3,16H2,1-2H3. The molecule has 0 aliphatic carbocycles. The van der Waals surface area contributed by atoms with Gasteiger partial charge in [-0.2, -0.15) is 0 Å². The van der Waals surface area contributed by atoms with E-state index in [2.05, 4.69) is 16.5 Å². The van der Waals surface area contributed by atoms with Crippen molar-refractivity contribution in [2.24, 2.45) is 7.05 Å². The molecule has 28 heavy (non-hydrogen) atoms. The van der Waals surface area contributed by atoms with Gasteiger partial charge in [0.25, 0.3) is 0 Å². The maximum atomic E-state index is 13.3. The molecule has 4 aromatic rings. The molecule has 0 N–H and O–H groups in total. The predicted octanol–water partition coefficient (Wildman–Crippen LogP) is 4.95. The molecule has 4 heteroatoms. The second kappa shape index (κ2) is 7.69. The average molecular weight is 370 g/mol. The van der Waals surface area contributed by atoms with Crippen molar-refractivity contribution in [1.82, 2.24) is 9.55 Å². The van der Waals surface area contributed by atoms with E-state index in [1.54, 1.807) is 6.20 Å². The molecule has 2 heterocycles. The summed E-state index contributed by atoms with van der Waals surface area (Å²) in [6, 6.07) is 19.3. The second-order valence-electron chi connectivity index (χ2n) is 6.75. The maximum Gasteiger partial charge on any atom is 0.195 e. The van der Waals surface area contributed by atoms with Crippen LogP contribution in [0.1, 0.15) is 34.1 Å². The van der Waals surface area contributed by atoms with Gasteiger partial charge in [-0.15, -0.1) is 0 Å². The molecule has 0 amide bonds. The molecule has 0 saturated heterocycles. The molecule has 0 spiro atoms. The number of fused-ring (bicyclic) bond motifs is 1. The highest BCUT2D eigenvalue weighted by molar-refractivity contribution is 6.17. The molecule has 140 valence electrons. The quantitative estimate of drug-likeness (QED) is 0.451. The second-order valence-corrected chi connectivity index (χ2v) is 6.75. The van der Waals surface area contributed by atoms with Crippen molar-refractivity contribution >= 4 is 16.7 Å². The van der Waals surface area contributed by atoms with Gasteiger partial charge in [-0.05, 0) is 42.3 Å². The van der Waals surface area contributed by atoms with Gasteiger partial charge in [-0.1, -0.05) is 37.3 Å². The van der Waals surface area contributed by atoms with Crippen molar-refractivity contribution in [3.63, 3.8) is 0 Å². The van der Waals surface area contributed by atoms with E-state index < -0.39 is 0 Å². The smallest absolute Gasteiger partial charge is 0.195 e. The van der Waals surface area contributed by atoms with E-state index in [1.165, 1.54) is 0 Å². The minimum atomic E-state index is 0.0308. The van der Waals surface area contributed by atoms with Crippen LogP contribution in [-0.4, -0.2) is 15.3 Å². The van der Waals surface area contributed by atoms with Crippen LogP contribution in [0.4, 0.5) is 0 Å². The molecule has 0 unspecified atom stereocenters. The number of hydrogen-bond acceptors (Lipinski definition) is 3. The van der Waals surface area contributed by atoms with Crippen molar-refractivity contribution < 1.29 is 9.53 Å². The molecule has 0 atom stereocenters. The van der Waals surface area contributed by atoms with Gasteiger partial charge in [0.1, 0.15) is 12.4 Å². The minimum Gasteiger partial charge on any atom is -0.489 e. The van der Waals surface area contributed by atoms with Gasteiger partial charge < -0.3 is 9.30 Å². The third-order valence-electron chi connectivity index (χ3n) is 5.05. The first-order chi connectivity index (χ1) is 13.7. The maximum absolute atomic E-state index is 13.3. The van der Waals surface area contributed by atoms with Crippen LogP contribution >= 0.6 is 0 Å². The Labute approximate surface area is 164 Å². The molecular weight excluding hydrogens is 348 g/mol. The summed E-state index contributed by atoms with van der Waals surface area (Å²) >= 11 is 0. The SMILES string of the molecule is CCc1c(C(=O)c2ccc(OCc3ccccc3)cc2)c2ccncc2n1C. The van der Waals surface area contributed by atoms with Crippen LogP contribution in [0.5, 0.6) is 5.75 Å². The molecule has 2 aromatic heterocycles. The largest absolute Gasteiger partial charge is 0.489 e. The number of ether oxygens (including phenoxy) is 1. The summed E-state index contributed by atoms with van der Waals surface area (Å²) in [6.45, 7) is 2.57. The molecular formula is C24H22N2O2. The van der Waals surface area contributed by atoms with E-state index in [1.807, 2.05) is 73.9 Å². The number of carbonyl (C=O) groups is 1. The summed E-state index contributed by atoms with van der Waals surface area (Å²) in [5.41, 5.74) is 4.54. The molecule has 0 bridgehead atoms. The number of pyridine rings is 1. The number of carbonyl (C=O) groups excluding carboxylic acids is 1. The van der Waals surface area contributed by atoms with Crippen molar-refractivity contribution in [3.8, 4) is 5.75 Å². The average Bonchev–Trinajstić information content (AvgIpc) is 3.05. The lowest BCUT2D eigenvalue weighted by atomic mass is 9.99. The lowest BCUT2D eigenvalue weighted by Gasteiger charge is -2.08. The Morgan fingerprint density at radius 3 is 2.50 bits per heavy atom. The minimum absolute atomic E-state index is 0.0308. The van der Waals surface area contributed by atoms with Crippen molar-refractivity contribution in [3.05, 3.63) is 95.4 Å². The van der Waals surface area contributed by atoms with Gasteiger partial charge in [0.15, 0.2) is 5.78 Å². The Hall–Kier alpha value is -3.40. The first kappa shape index (κ1) is 18.0. The Morgan fingerprint density at radius 1 is 1.04 bits per heavy atom. The fourth-order valence-corrected chi connectivity index (χ4v) is 3.59. The fourth-order valence-electron chi connectivity index (χ4n) is 3.59. The van der Waals surface area contributed by atoms with E-state index in [0.29, 0.717) is 12.2 Å². The van der Waals surface area contributed by atoms with Crippen molar-refractivity contribution in [2.45, 2.75) is 20.0 Å². The van der Waals surface area contributed by atoms with Crippen LogP contribution in [0, 0.1) is 0 Å². The van der Waals surface area contributed by atoms with Gasteiger partial charge in [-0.3, -0.25) is 9.78 Å². The molecule has 4 rings (SSSR count). The summed E-state index contributed by atoms with van der Waals surface area (Å²) in [5.74, 6) is 0.779. The zero-order valence-electron chi connectivity index (χ0n) is 16.1. The number of hydrogen-bond donors (Lipinski definition) is 0. The summed E-state index contributed by atoms with van der Waals surface area (Å²) in [7, 11) is 1.99. The fraction of sp³-hybridized carbons (Fsp3) is 0.167. The Bertz CT molecular complexity index is 1110. The van der Waals surface area contributed by atoms with Crippen LogP contribution in [0.25, 0.3) is 10.9 Å². The highest BCUT2D eigenvalue weighted by Crippen LogP contribution is 2.28. The number of rotatable bonds is 6. The van der Waals surface area contributed by atoms with Crippen molar-refractivity contribution in [2.75, 3.05) is 0 Å². The molecule has 2 aromatic carbocycles. The van der Waals surface area contributed by atoms with Crippen LogP contribution in [0.2, 0.25) is 0 Å². The zero-order chi connectivity index (χ0) is 19.5. The molecule has 0 saturated carbocycles. The highest BCUT2D eigenvalue weighted by Gasteiger charge is 2.21. The summed E-state index contributed by atoms with van der Waals surface area (Å²) in [5, 5.41) is 0.948. The van der Waals surface area contributed by atoms with E-state index in [-0.39, 0.29) is 5.78 Å². The number of benzene rings is 2. The topological polar surface area (TPSA) is 44.1 Å². The molecule has 0 radical (unpaired) electrons. The van der Waals surface area contributed by atoms with Gasteiger partial charge in [0, 0.05) is 29.9 Å². The lowest BCUT2D eigenvalue weighted by molar-refractivity contribution is 0.103. The van der Waals surface area contributed by atoms with Crippen LogP contribution in [-0.2, 0) is 20.1 Å². The first-order valence-corrected chi connectivity index (χ1v) is 9.41. The Balaban J connectivity index is 1.60. The van der Waals surface area contributed by atoms with Gasteiger partial charge in [-0.25, -0.2) is 0 Å². The zero-order valence-corrected chi connectivity index (χ0v) is 16.1. The van der Waals surface area contributed by atoms with E-state index >= 15 is 0 Å². The highest BCUT2D eigenvalue weighted by atomic mass is 16.5.